The molecule has 88 valence electrons. The molecule has 0 aliphatic heterocycles. The Morgan fingerprint density at radius 1 is 1.44 bits per heavy atom. The Labute approximate surface area is 97.7 Å². The maximum Gasteiger partial charge on any atom is 0.120 e. The van der Waals surface area contributed by atoms with E-state index in [1.165, 1.54) is 32.1 Å². The molecule has 1 N–H and O–H groups in total. The van der Waals surface area contributed by atoms with Gasteiger partial charge in [0, 0.05) is 6.04 Å². The van der Waals surface area contributed by atoms with E-state index in [-0.39, 0.29) is 0 Å². The largest absolute Gasteiger partial charge is 0.468 e. The second-order valence-electron chi connectivity index (χ2n) is 4.59. The van der Waals surface area contributed by atoms with Crippen molar-refractivity contribution in [2.45, 2.75) is 50.6 Å². The molecule has 1 aromatic heterocycles. The molecule has 1 aliphatic carbocycles. The van der Waals surface area contributed by atoms with Gasteiger partial charge >= 0.3 is 0 Å². The lowest BCUT2D eigenvalue weighted by atomic mass is 9.94. The fourth-order valence-corrected chi connectivity index (χ4v) is 2.48. The molecule has 0 spiro atoms. The molecule has 0 saturated heterocycles. The molecule has 1 fully saturated rings. The van der Waals surface area contributed by atoms with Crippen LogP contribution in [0.1, 0.15) is 50.3 Å². The highest BCUT2D eigenvalue weighted by molar-refractivity contribution is 5.06. The van der Waals surface area contributed by atoms with Gasteiger partial charge in [-0.1, -0.05) is 25.3 Å². The van der Waals surface area contributed by atoms with Gasteiger partial charge in [-0.05, 0) is 31.4 Å². The van der Waals surface area contributed by atoms with Gasteiger partial charge in [0.05, 0.1) is 12.3 Å². The van der Waals surface area contributed by atoms with Crippen LogP contribution in [0.5, 0.6) is 0 Å². The third kappa shape index (κ3) is 2.99. The monoisotopic (exact) mass is 219 g/mol. The number of hydrogen-bond donors (Lipinski definition) is 1. The summed E-state index contributed by atoms with van der Waals surface area (Å²) in [5, 5.41) is 3.69. The first-order valence-corrected chi connectivity index (χ1v) is 6.30. The van der Waals surface area contributed by atoms with Crippen LogP contribution < -0.4 is 5.32 Å². The summed E-state index contributed by atoms with van der Waals surface area (Å²) in [4.78, 5) is 0. The zero-order chi connectivity index (χ0) is 11.2. The van der Waals surface area contributed by atoms with E-state index in [4.69, 9.17) is 4.42 Å². The van der Waals surface area contributed by atoms with Gasteiger partial charge in [0.15, 0.2) is 0 Å². The smallest absolute Gasteiger partial charge is 0.120 e. The molecule has 0 amide bonds. The number of hydrogen-bond acceptors (Lipinski definition) is 2. The third-order valence-corrected chi connectivity index (χ3v) is 3.33. The van der Waals surface area contributed by atoms with Crippen molar-refractivity contribution < 1.29 is 4.42 Å². The van der Waals surface area contributed by atoms with E-state index >= 15 is 0 Å². The van der Waals surface area contributed by atoms with Crippen LogP contribution in [0.15, 0.2) is 35.5 Å². The van der Waals surface area contributed by atoms with Crippen LogP contribution in [0.25, 0.3) is 0 Å². The van der Waals surface area contributed by atoms with Crippen molar-refractivity contribution in [1.29, 1.82) is 0 Å². The molecule has 2 nitrogen and oxygen atoms in total. The Kier molecular flexibility index (Phi) is 4.23. The molecule has 0 aromatic carbocycles. The van der Waals surface area contributed by atoms with Crippen molar-refractivity contribution in [2.24, 2.45) is 0 Å². The highest BCUT2D eigenvalue weighted by Gasteiger charge is 2.19. The minimum Gasteiger partial charge on any atom is -0.468 e. The zero-order valence-corrected chi connectivity index (χ0v) is 9.82. The summed E-state index contributed by atoms with van der Waals surface area (Å²) in [6.45, 7) is 3.82. The fraction of sp³-hybridized carbons (Fsp3) is 0.571. The van der Waals surface area contributed by atoms with Crippen molar-refractivity contribution >= 4 is 0 Å². The number of furan rings is 1. The maximum absolute atomic E-state index is 5.48. The summed E-state index contributed by atoms with van der Waals surface area (Å²) in [5.41, 5.74) is 0. The summed E-state index contributed by atoms with van der Waals surface area (Å²) in [7, 11) is 0. The van der Waals surface area contributed by atoms with Gasteiger partial charge in [0.25, 0.3) is 0 Å². The Morgan fingerprint density at radius 3 is 2.88 bits per heavy atom. The minimum atomic E-state index is 0.301. The molecule has 2 heteroatoms. The Balaban J connectivity index is 1.94. The van der Waals surface area contributed by atoms with Crippen molar-refractivity contribution in [3.05, 3.63) is 36.8 Å². The van der Waals surface area contributed by atoms with E-state index in [9.17, 15) is 0 Å². The van der Waals surface area contributed by atoms with E-state index in [1.54, 1.807) is 6.26 Å². The molecular formula is C14H21NO. The summed E-state index contributed by atoms with van der Waals surface area (Å²) in [6.07, 6.45) is 11.3. The lowest BCUT2D eigenvalue weighted by Gasteiger charge is -2.27. The first-order valence-electron chi connectivity index (χ1n) is 6.30. The molecule has 0 bridgehead atoms. The highest BCUT2D eigenvalue weighted by Crippen LogP contribution is 2.23. The lowest BCUT2D eigenvalue weighted by Crippen LogP contribution is -2.34. The molecule has 1 unspecified atom stereocenters. The first-order chi connectivity index (χ1) is 7.90. The van der Waals surface area contributed by atoms with Gasteiger partial charge in [-0.2, -0.15) is 0 Å². The number of rotatable bonds is 5. The van der Waals surface area contributed by atoms with E-state index in [0.717, 1.165) is 12.2 Å². The normalized spacial score (nSPS) is 19.5. The molecule has 1 saturated carbocycles. The summed E-state index contributed by atoms with van der Waals surface area (Å²) < 4.78 is 5.48. The van der Waals surface area contributed by atoms with Gasteiger partial charge in [-0.15, -0.1) is 6.58 Å². The fourth-order valence-electron chi connectivity index (χ4n) is 2.48. The summed E-state index contributed by atoms with van der Waals surface area (Å²) in [6, 6.07) is 4.96. The highest BCUT2D eigenvalue weighted by atomic mass is 16.3. The quantitative estimate of drug-likeness (QED) is 0.762. The summed E-state index contributed by atoms with van der Waals surface area (Å²) in [5.74, 6) is 1.03. The van der Waals surface area contributed by atoms with Gasteiger partial charge in [-0.3, -0.25) is 0 Å². The second kappa shape index (κ2) is 5.90. The van der Waals surface area contributed by atoms with E-state index < -0.39 is 0 Å². The van der Waals surface area contributed by atoms with Gasteiger partial charge in [0.2, 0.25) is 0 Å². The average molecular weight is 219 g/mol. The van der Waals surface area contributed by atoms with Crippen LogP contribution in [0.4, 0.5) is 0 Å². The van der Waals surface area contributed by atoms with Crippen LogP contribution in [-0.4, -0.2) is 6.04 Å². The van der Waals surface area contributed by atoms with Crippen LogP contribution >= 0.6 is 0 Å². The van der Waals surface area contributed by atoms with Gasteiger partial charge in [-0.25, -0.2) is 0 Å². The summed E-state index contributed by atoms with van der Waals surface area (Å²) >= 11 is 0. The number of nitrogens with one attached hydrogen (secondary N) is 1. The van der Waals surface area contributed by atoms with E-state index in [2.05, 4.69) is 11.9 Å². The zero-order valence-electron chi connectivity index (χ0n) is 9.82. The molecule has 1 aliphatic rings. The average Bonchev–Trinajstić information content (AvgIpc) is 2.83. The Hall–Kier alpha value is -1.02. The van der Waals surface area contributed by atoms with Crippen molar-refractivity contribution in [3.8, 4) is 0 Å². The predicted octanol–water partition coefficient (Wildman–Crippen LogP) is 3.82. The molecular weight excluding hydrogens is 198 g/mol. The molecule has 16 heavy (non-hydrogen) atoms. The van der Waals surface area contributed by atoms with Gasteiger partial charge < -0.3 is 9.73 Å². The SMILES string of the molecule is C=CCC(NC1CCCCC1)c1ccco1. The maximum atomic E-state index is 5.48. The van der Waals surface area contributed by atoms with E-state index in [0.29, 0.717) is 12.1 Å². The molecule has 1 heterocycles. The lowest BCUT2D eigenvalue weighted by molar-refractivity contribution is 0.313. The van der Waals surface area contributed by atoms with Crippen molar-refractivity contribution in [1.82, 2.24) is 5.32 Å². The van der Waals surface area contributed by atoms with Crippen LogP contribution in [-0.2, 0) is 0 Å². The molecule has 0 radical (unpaired) electrons. The third-order valence-electron chi connectivity index (χ3n) is 3.33. The standard InChI is InChI=1S/C14H21NO/c1-2-7-13(14-10-6-11-16-14)15-12-8-4-3-5-9-12/h2,6,10-13,15H,1,3-5,7-9H2. The molecule has 1 aromatic rings. The minimum absolute atomic E-state index is 0.301. The van der Waals surface area contributed by atoms with Crippen molar-refractivity contribution in [3.63, 3.8) is 0 Å². The van der Waals surface area contributed by atoms with Gasteiger partial charge in [0.1, 0.15) is 5.76 Å². The van der Waals surface area contributed by atoms with Crippen LogP contribution in [0, 0.1) is 0 Å². The molecule has 1 atom stereocenters. The first kappa shape index (κ1) is 11.5. The van der Waals surface area contributed by atoms with Crippen LogP contribution in [0.3, 0.4) is 0 Å². The Bertz CT molecular complexity index is 299. The molecule has 2 rings (SSSR count). The van der Waals surface area contributed by atoms with Crippen LogP contribution in [0.2, 0.25) is 0 Å². The van der Waals surface area contributed by atoms with E-state index in [1.807, 2.05) is 18.2 Å². The topological polar surface area (TPSA) is 25.2 Å². The second-order valence-corrected chi connectivity index (χ2v) is 4.59. The van der Waals surface area contributed by atoms with Crippen molar-refractivity contribution in [2.75, 3.05) is 0 Å². The predicted molar refractivity (Wildman–Crippen MR) is 66.3 cm³/mol. The Morgan fingerprint density at radius 2 is 2.25 bits per heavy atom.